The van der Waals surface area contributed by atoms with Crippen LogP contribution >= 0.6 is 0 Å². The van der Waals surface area contributed by atoms with Crippen LogP contribution in [0.25, 0.3) is 10.9 Å². The van der Waals surface area contributed by atoms with Crippen LogP contribution < -0.4 is 0 Å². The number of hydrogen-bond donors (Lipinski definition) is 3. The van der Waals surface area contributed by atoms with Gasteiger partial charge < -0.3 is 20.1 Å². The average molecular weight is 552 g/mol. The predicted molar refractivity (Wildman–Crippen MR) is 138 cm³/mol. The van der Waals surface area contributed by atoms with E-state index in [-0.39, 0.29) is 17.0 Å². The van der Waals surface area contributed by atoms with E-state index in [1.54, 1.807) is 6.92 Å². The van der Waals surface area contributed by atoms with Crippen molar-refractivity contribution < 1.29 is 32.2 Å². The second-order valence-corrected chi connectivity index (χ2v) is 11.2. The molecule has 0 unspecified atom stereocenters. The van der Waals surface area contributed by atoms with Crippen LogP contribution in [0.15, 0.2) is 36.4 Å². The number of aliphatic hydroxyl groups excluding tert-OH is 1. The van der Waals surface area contributed by atoms with Crippen molar-refractivity contribution in [1.29, 1.82) is 0 Å². The summed E-state index contributed by atoms with van der Waals surface area (Å²) in [5.74, 6) is -5.67. The zero-order chi connectivity index (χ0) is 28.1. The molecule has 0 spiro atoms. The number of nitrogens with zero attached hydrogens (tertiary/aromatic N) is 2. The second-order valence-electron chi connectivity index (χ2n) is 11.2. The number of alkyl halides is 3. The smallest absolute Gasteiger partial charge is 0.283 e. The molecule has 3 N–H and O–H groups in total. The third-order valence-electron chi connectivity index (χ3n) is 8.46. The Morgan fingerprint density at radius 2 is 1.77 bits per heavy atom. The third-order valence-corrected chi connectivity index (χ3v) is 8.46. The summed E-state index contributed by atoms with van der Waals surface area (Å²) in [5, 5.41) is 21.4. The first-order valence-electron chi connectivity index (χ1n) is 13.3. The summed E-state index contributed by atoms with van der Waals surface area (Å²) in [7, 11) is 0. The molecule has 3 aromatic rings. The Morgan fingerprint density at radius 1 is 1.10 bits per heavy atom. The summed E-state index contributed by atoms with van der Waals surface area (Å²) in [4.78, 5) is 6.52. The molecule has 3 atom stereocenters. The summed E-state index contributed by atoms with van der Waals surface area (Å²) in [5.41, 5.74) is 0.109. The fourth-order valence-corrected chi connectivity index (χ4v) is 6.15. The first kappa shape index (κ1) is 28.0. The van der Waals surface area contributed by atoms with E-state index in [1.165, 1.54) is 11.8 Å². The highest BCUT2D eigenvalue weighted by atomic mass is 19.3. The molecule has 2 aromatic carbocycles. The summed E-state index contributed by atoms with van der Waals surface area (Å²) in [6.45, 7) is 2.01. The first-order chi connectivity index (χ1) is 18.5. The number of nitrogens with one attached hydrogen (secondary N) is 1. The fraction of sp³-hybridized carbons (Fsp3) is 0.517. The Hall–Kier alpha value is -2.53. The number of para-hydroxylation sites is 1. The highest BCUT2D eigenvalue weighted by Crippen LogP contribution is 2.45. The SMILES string of the molecule is C[C@@H]1Cc2c([nH]c3ccccc23)[C@@H](c2c(F)cc([C@@](C)(O)C3CN(CCCF)C3)cc2F)N1CC(F)(F)CO. The van der Waals surface area contributed by atoms with Crippen molar-refractivity contribution in [1.82, 2.24) is 14.8 Å². The van der Waals surface area contributed by atoms with Crippen molar-refractivity contribution in [2.45, 2.75) is 50.3 Å². The van der Waals surface area contributed by atoms with Gasteiger partial charge >= 0.3 is 0 Å². The molecular weight excluding hydrogens is 517 g/mol. The van der Waals surface area contributed by atoms with Crippen molar-refractivity contribution in [3.8, 4) is 0 Å². The van der Waals surface area contributed by atoms with Gasteiger partial charge in [0.05, 0.1) is 24.9 Å². The van der Waals surface area contributed by atoms with Crippen molar-refractivity contribution in [2.75, 3.05) is 39.5 Å². The molecule has 2 aliphatic rings. The zero-order valence-electron chi connectivity index (χ0n) is 22.0. The second kappa shape index (κ2) is 10.5. The number of benzene rings is 2. The number of halogens is 5. The predicted octanol–water partition coefficient (Wildman–Crippen LogP) is 4.91. The maximum Gasteiger partial charge on any atom is 0.283 e. The van der Waals surface area contributed by atoms with Crippen LogP contribution in [0.2, 0.25) is 0 Å². The van der Waals surface area contributed by atoms with Gasteiger partial charge in [0.1, 0.15) is 18.2 Å². The number of aromatic amines is 1. The monoisotopic (exact) mass is 551 g/mol. The number of likely N-dealkylation sites (tertiary alicyclic amines) is 1. The molecule has 212 valence electrons. The van der Waals surface area contributed by atoms with Crippen LogP contribution in [-0.4, -0.2) is 76.4 Å². The quantitative estimate of drug-likeness (QED) is 0.331. The van der Waals surface area contributed by atoms with Crippen molar-refractivity contribution in [3.05, 3.63) is 70.4 Å². The van der Waals surface area contributed by atoms with Crippen LogP contribution in [0.3, 0.4) is 0 Å². The molecular formula is C29H34F5N3O2. The Morgan fingerprint density at radius 3 is 2.41 bits per heavy atom. The molecule has 10 heteroatoms. The van der Waals surface area contributed by atoms with E-state index in [2.05, 4.69) is 4.98 Å². The minimum absolute atomic E-state index is 0.0596. The number of rotatable bonds is 9. The van der Waals surface area contributed by atoms with Crippen molar-refractivity contribution in [3.63, 3.8) is 0 Å². The average Bonchev–Trinajstić information content (AvgIpc) is 3.22. The van der Waals surface area contributed by atoms with E-state index in [0.717, 1.165) is 28.6 Å². The number of aromatic nitrogens is 1. The van der Waals surface area contributed by atoms with Gasteiger partial charge in [0.2, 0.25) is 0 Å². The molecule has 1 fully saturated rings. The Kier molecular flexibility index (Phi) is 7.52. The summed E-state index contributed by atoms with van der Waals surface area (Å²) < 4.78 is 73.4. The molecule has 1 aromatic heterocycles. The summed E-state index contributed by atoms with van der Waals surface area (Å²) >= 11 is 0. The molecule has 1 saturated heterocycles. The summed E-state index contributed by atoms with van der Waals surface area (Å²) in [6, 6.07) is 7.84. The lowest BCUT2D eigenvalue weighted by molar-refractivity contribution is -0.0870. The van der Waals surface area contributed by atoms with Crippen molar-refractivity contribution in [2.24, 2.45) is 5.92 Å². The van der Waals surface area contributed by atoms with Gasteiger partial charge in [-0.05, 0) is 56.0 Å². The van der Waals surface area contributed by atoms with Crippen LogP contribution in [0.4, 0.5) is 22.0 Å². The Bertz CT molecular complexity index is 1310. The van der Waals surface area contributed by atoms with Gasteiger partial charge in [-0.1, -0.05) is 18.2 Å². The van der Waals surface area contributed by atoms with Crippen LogP contribution in [0.1, 0.15) is 48.7 Å². The Labute approximate surface area is 224 Å². The maximum absolute atomic E-state index is 15.9. The highest BCUT2D eigenvalue weighted by molar-refractivity contribution is 5.85. The van der Waals surface area contributed by atoms with E-state index in [1.807, 2.05) is 29.2 Å². The van der Waals surface area contributed by atoms with E-state index >= 15 is 8.78 Å². The molecule has 2 aliphatic heterocycles. The molecule has 0 bridgehead atoms. The molecule has 0 aliphatic carbocycles. The van der Waals surface area contributed by atoms with Crippen LogP contribution in [-0.2, 0) is 12.0 Å². The van der Waals surface area contributed by atoms with Gasteiger partial charge in [-0.3, -0.25) is 9.29 Å². The van der Waals surface area contributed by atoms with E-state index in [4.69, 9.17) is 0 Å². The topological polar surface area (TPSA) is 62.7 Å². The minimum atomic E-state index is -3.48. The Balaban J connectivity index is 1.56. The lowest BCUT2D eigenvalue weighted by Gasteiger charge is -2.47. The first-order valence-corrected chi connectivity index (χ1v) is 13.3. The van der Waals surface area contributed by atoms with Gasteiger partial charge in [-0.15, -0.1) is 0 Å². The van der Waals surface area contributed by atoms with Crippen molar-refractivity contribution >= 4 is 10.9 Å². The largest absolute Gasteiger partial charge is 0.390 e. The van der Waals surface area contributed by atoms with Gasteiger partial charge in [0.15, 0.2) is 0 Å². The summed E-state index contributed by atoms with van der Waals surface area (Å²) in [6.07, 6.45) is 0.766. The van der Waals surface area contributed by atoms with Crippen LogP contribution in [0, 0.1) is 17.6 Å². The number of aliphatic hydroxyl groups is 2. The van der Waals surface area contributed by atoms with Gasteiger partial charge in [-0.2, -0.15) is 0 Å². The normalized spacial score (nSPS) is 22.6. The third kappa shape index (κ3) is 5.08. The van der Waals surface area contributed by atoms with Crippen LogP contribution in [0.5, 0.6) is 0 Å². The standard InChI is InChI=1S/C29H34F5N3O2/c1-17-10-21-20-6-3-4-7-24(20)35-26(21)27(37(17)15-29(33,34)16-38)25-22(31)11-18(12-23(25)32)28(2,39)19-13-36(14-19)9-5-8-30/h3-4,6-7,11-12,17,19,27,35,38-39H,5,8-10,13-16H2,1-2H3/t17-,27-,28-/m1/s1. The minimum Gasteiger partial charge on any atom is -0.390 e. The number of fused-ring (bicyclic) bond motifs is 3. The van der Waals surface area contributed by atoms with Gasteiger partial charge in [0, 0.05) is 53.8 Å². The molecule has 5 nitrogen and oxygen atoms in total. The van der Waals surface area contributed by atoms with E-state index in [9.17, 15) is 23.4 Å². The fourth-order valence-electron chi connectivity index (χ4n) is 6.15. The zero-order valence-corrected chi connectivity index (χ0v) is 22.0. The lowest BCUT2D eigenvalue weighted by atomic mass is 9.77. The van der Waals surface area contributed by atoms with Gasteiger partial charge in [-0.25, -0.2) is 17.6 Å². The number of hydrogen-bond acceptors (Lipinski definition) is 4. The molecule has 3 heterocycles. The molecule has 0 radical (unpaired) electrons. The number of H-pyrrole nitrogens is 1. The van der Waals surface area contributed by atoms with E-state index < -0.39 is 55.1 Å². The van der Waals surface area contributed by atoms with Gasteiger partial charge in [0.25, 0.3) is 5.92 Å². The molecule has 5 rings (SSSR count). The molecule has 39 heavy (non-hydrogen) atoms. The van der Waals surface area contributed by atoms with E-state index in [0.29, 0.717) is 38.2 Å². The highest BCUT2D eigenvalue weighted by Gasteiger charge is 2.45. The molecule has 0 saturated carbocycles. The molecule has 0 amide bonds. The maximum atomic E-state index is 15.9. The lowest BCUT2D eigenvalue weighted by Crippen LogP contribution is -2.55.